The number of aromatic nitrogens is 4. The van der Waals surface area contributed by atoms with Crippen LogP contribution in [0.25, 0.3) is 11.3 Å². The van der Waals surface area contributed by atoms with Gasteiger partial charge in [-0.25, -0.2) is 9.98 Å². The Hall–Kier alpha value is -3.09. The third kappa shape index (κ3) is 4.08. The number of aliphatic imine (C=N–C) groups is 1. The maximum absolute atomic E-state index is 4.82. The molecule has 146 valence electrons. The summed E-state index contributed by atoms with van der Waals surface area (Å²) < 4.78 is 1.87. The maximum atomic E-state index is 4.82. The van der Waals surface area contributed by atoms with Crippen LogP contribution in [0.5, 0.6) is 0 Å². The summed E-state index contributed by atoms with van der Waals surface area (Å²) >= 11 is 0. The molecule has 28 heavy (non-hydrogen) atoms. The van der Waals surface area contributed by atoms with Gasteiger partial charge in [-0.05, 0) is 24.5 Å². The smallest absolute Gasteiger partial charge is 0.194 e. The van der Waals surface area contributed by atoms with Gasteiger partial charge in [-0.1, -0.05) is 30.3 Å². The molecule has 4 rings (SSSR count). The molecule has 1 unspecified atom stereocenters. The molecule has 1 aliphatic rings. The number of benzene rings is 1. The van der Waals surface area contributed by atoms with E-state index in [9.17, 15) is 0 Å². The minimum atomic E-state index is 0.505. The molecule has 2 N–H and O–H groups in total. The van der Waals surface area contributed by atoms with Gasteiger partial charge in [0, 0.05) is 38.8 Å². The van der Waals surface area contributed by atoms with Crippen molar-refractivity contribution < 1.29 is 0 Å². The van der Waals surface area contributed by atoms with E-state index in [1.807, 2.05) is 42.3 Å². The Kier molecular flexibility index (Phi) is 5.41. The molecular weight excluding hydrogens is 350 g/mol. The zero-order valence-corrected chi connectivity index (χ0v) is 16.5. The van der Waals surface area contributed by atoms with E-state index in [1.54, 1.807) is 0 Å². The maximum Gasteiger partial charge on any atom is 0.194 e. The quantitative estimate of drug-likeness (QED) is 0.530. The number of guanidine groups is 1. The molecule has 3 aromatic rings. The molecule has 0 radical (unpaired) electrons. The number of nitrogens with zero attached hydrogens (tertiary/aromatic N) is 5. The van der Waals surface area contributed by atoms with Gasteiger partial charge in [-0.15, -0.1) is 0 Å². The van der Waals surface area contributed by atoms with E-state index >= 15 is 0 Å². The molecule has 0 aliphatic carbocycles. The van der Waals surface area contributed by atoms with Crippen LogP contribution in [0.2, 0.25) is 0 Å². The lowest BCUT2D eigenvalue weighted by atomic mass is 10.0. The second-order valence-corrected chi connectivity index (χ2v) is 7.16. The van der Waals surface area contributed by atoms with Crippen molar-refractivity contribution in [2.45, 2.75) is 25.8 Å². The second-order valence-electron chi connectivity index (χ2n) is 7.16. The number of H-pyrrole nitrogens is 1. The van der Waals surface area contributed by atoms with Gasteiger partial charge in [-0.3, -0.25) is 4.68 Å². The highest BCUT2D eigenvalue weighted by Crippen LogP contribution is 2.26. The van der Waals surface area contributed by atoms with Crippen LogP contribution in [0.15, 0.2) is 53.9 Å². The molecule has 0 bridgehead atoms. The Morgan fingerprint density at radius 1 is 1.29 bits per heavy atom. The summed E-state index contributed by atoms with van der Waals surface area (Å²) in [6, 6.07) is 10.2. The van der Waals surface area contributed by atoms with Gasteiger partial charge in [0.25, 0.3) is 0 Å². The predicted molar refractivity (Wildman–Crippen MR) is 111 cm³/mol. The molecule has 7 heteroatoms. The van der Waals surface area contributed by atoms with Gasteiger partial charge in [0.2, 0.25) is 0 Å². The first-order valence-electron chi connectivity index (χ1n) is 9.84. The van der Waals surface area contributed by atoms with E-state index in [-0.39, 0.29) is 0 Å². The molecule has 2 aromatic heterocycles. The van der Waals surface area contributed by atoms with Crippen LogP contribution in [0.3, 0.4) is 0 Å². The molecule has 1 saturated heterocycles. The van der Waals surface area contributed by atoms with Crippen LogP contribution in [0.4, 0.5) is 0 Å². The Morgan fingerprint density at radius 2 is 2.14 bits per heavy atom. The minimum Gasteiger partial charge on any atom is -0.357 e. The standard InChI is InChI=1S/C21H27N7/c1-3-22-21(28-10-9-17(15-28)18-11-25-27(2)14-18)24-13-20-23-12-19(26-20)16-7-5-4-6-8-16/h4-8,11-12,14,17H,3,9-10,13,15H2,1-2H3,(H,22,24)(H,23,26). The number of likely N-dealkylation sites (tertiary alicyclic amines) is 1. The van der Waals surface area contributed by atoms with Gasteiger partial charge >= 0.3 is 0 Å². The molecule has 3 heterocycles. The van der Waals surface area contributed by atoms with E-state index in [1.165, 1.54) is 5.56 Å². The van der Waals surface area contributed by atoms with Crippen molar-refractivity contribution in [1.82, 2.24) is 30.0 Å². The van der Waals surface area contributed by atoms with Crippen molar-refractivity contribution in [2.75, 3.05) is 19.6 Å². The number of nitrogens with one attached hydrogen (secondary N) is 2. The molecule has 1 atom stereocenters. The summed E-state index contributed by atoms with van der Waals surface area (Å²) in [5, 5.41) is 7.73. The lowest BCUT2D eigenvalue weighted by molar-refractivity contribution is 0.485. The predicted octanol–water partition coefficient (Wildman–Crippen LogP) is 2.77. The van der Waals surface area contributed by atoms with E-state index in [4.69, 9.17) is 4.99 Å². The molecule has 1 aromatic carbocycles. The summed E-state index contributed by atoms with van der Waals surface area (Å²) in [6.07, 6.45) is 7.09. The van der Waals surface area contributed by atoms with Crippen molar-refractivity contribution in [3.05, 3.63) is 60.3 Å². The number of imidazole rings is 1. The lowest BCUT2D eigenvalue weighted by Crippen LogP contribution is -2.40. The van der Waals surface area contributed by atoms with Gasteiger partial charge in [0.05, 0.1) is 18.1 Å². The molecule has 7 nitrogen and oxygen atoms in total. The van der Waals surface area contributed by atoms with Gasteiger partial charge < -0.3 is 15.2 Å². The molecule has 1 aliphatic heterocycles. The van der Waals surface area contributed by atoms with Crippen LogP contribution in [-0.4, -0.2) is 50.2 Å². The zero-order valence-electron chi connectivity index (χ0n) is 16.5. The molecule has 0 amide bonds. The van der Waals surface area contributed by atoms with Gasteiger partial charge in [-0.2, -0.15) is 5.10 Å². The Bertz CT molecular complexity index is 925. The number of hydrogen-bond acceptors (Lipinski definition) is 3. The Balaban J connectivity index is 1.43. The van der Waals surface area contributed by atoms with Crippen molar-refractivity contribution >= 4 is 5.96 Å². The van der Waals surface area contributed by atoms with Crippen LogP contribution in [-0.2, 0) is 13.6 Å². The second kappa shape index (κ2) is 8.29. The summed E-state index contributed by atoms with van der Waals surface area (Å²) in [6.45, 7) is 5.44. The third-order valence-corrected chi connectivity index (χ3v) is 5.11. The third-order valence-electron chi connectivity index (χ3n) is 5.11. The fourth-order valence-corrected chi connectivity index (χ4v) is 3.66. The SMILES string of the molecule is CCNC(=NCc1ncc(-c2ccccc2)[nH]1)N1CCC(c2cnn(C)c2)C1. The van der Waals surface area contributed by atoms with Crippen LogP contribution in [0.1, 0.15) is 30.7 Å². The molecular formula is C21H27N7. The van der Waals surface area contributed by atoms with Crippen LogP contribution < -0.4 is 5.32 Å². The van der Waals surface area contributed by atoms with E-state index in [0.29, 0.717) is 12.5 Å². The minimum absolute atomic E-state index is 0.505. The Labute approximate surface area is 165 Å². The van der Waals surface area contributed by atoms with Crippen LogP contribution in [0, 0.1) is 0 Å². The molecule has 0 spiro atoms. The fourth-order valence-electron chi connectivity index (χ4n) is 3.66. The monoisotopic (exact) mass is 377 g/mol. The average molecular weight is 377 g/mol. The van der Waals surface area contributed by atoms with Crippen molar-refractivity contribution in [3.8, 4) is 11.3 Å². The fraction of sp³-hybridized carbons (Fsp3) is 0.381. The normalized spacial score (nSPS) is 17.3. The van der Waals surface area contributed by atoms with Crippen LogP contribution >= 0.6 is 0 Å². The summed E-state index contributed by atoms with van der Waals surface area (Å²) in [4.78, 5) is 15.0. The number of rotatable bonds is 5. The van der Waals surface area contributed by atoms with E-state index in [0.717, 1.165) is 49.1 Å². The molecule has 1 fully saturated rings. The topological polar surface area (TPSA) is 74.1 Å². The van der Waals surface area contributed by atoms with Crippen molar-refractivity contribution in [2.24, 2.45) is 12.0 Å². The highest BCUT2D eigenvalue weighted by Gasteiger charge is 2.26. The first-order valence-corrected chi connectivity index (χ1v) is 9.84. The Morgan fingerprint density at radius 3 is 2.89 bits per heavy atom. The van der Waals surface area contributed by atoms with Crippen molar-refractivity contribution in [1.29, 1.82) is 0 Å². The first-order chi connectivity index (χ1) is 13.7. The largest absolute Gasteiger partial charge is 0.357 e. The highest BCUT2D eigenvalue weighted by molar-refractivity contribution is 5.80. The lowest BCUT2D eigenvalue weighted by Gasteiger charge is -2.21. The summed E-state index contributed by atoms with van der Waals surface area (Å²) in [7, 11) is 1.97. The van der Waals surface area contributed by atoms with Crippen molar-refractivity contribution in [3.63, 3.8) is 0 Å². The molecule has 0 saturated carbocycles. The summed E-state index contributed by atoms with van der Waals surface area (Å²) in [5.74, 6) is 2.33. The number of hydrogen-bond donors (Lipinski definition) is 2. The summed E-state index contributed by atoms with van der Waals surface area (Å²) in [5.41, 5.74) is 3.46. The van der Waals surface area contributed by atoms with E-state index in [2.05, 4.69) is 50.5 Å². The number of aryl methyl sites for hydroxylation is 1. The van der Waals surface area contributed by atoms with Gasteiger partial charge in [0.15, 0.2) is 5.96 Å². The first kappa shape index (κ1) is 18.3. The highest BCUT2D eigenvalue weighted by atomic mass is 15.3. The average Bonchev–Trinajstić information content (AvgIpc) is 3.46. The van der Waals surface area contributed by atoms with E-state index < -0.39 is 0 Å². The number of aromatic amines is 1. The zero-order chi connectivity index (χ0) is 19.3. The van der Waals surface area contributed by atoms with Gasteiger partial charge in [0.1, 0.15) is 12.4 Å².